The molecule has 3 unspecified atom stereocenters. The molecule has 2 aromatic carbocycles. The van der Waals surface area contributed by atoms with Crippen molar-refractivity contribution in [3.63, 3.8) is 0 Å². The van der Waals surface area contributed by atoms with E-state index in [1.165, 1.54) is 5.56 Å². The highest BCUT2D eigenvalue weighted by Gasteiger charge is 2.40. The number of hydrogen-bond donors (Lipinski definition) is 1. The molecular formula is C24H28N2O4. The van der Waals surface area contributed by atoms with Crippen LogP contribution in [0.3, 0.4) is 0 Å². The summed E-state index contributed by atoms with van der Waals surface area (Å²) in [7, 11) is 8.40. The first-order valence-electron chi connectivity index (χ1n) is 10.1. The zero-order valence-electron chi connectivity index (χ0n) is 18.1. The summed E-state index contributed by atoms with van der Waals surface area (Å²) in [5, 5.41) is 3.69. The van der Waals surface area contributed by atoms with Crippen LogP contribution in [0.5, 0.6) is 17.2 Å². The van der Waals surface area contributed by atoms with Crippen LogP contribution in [-0.4, -0.2) is 46.2 Å². The third kappa shape index (κ3) is 3.16. The van der Waals surface area contributed by atoms with Gasteiger partial charge in [0.25, 0.3) is 5.91 Å². The first-order valence-corrected chi connectivity index (χ1v) is 10.1. The summed E-state index contributed by atoms with van der Waals surface area (Å²) in [4.78, 5) is 14.5. The Labute approximate surface area is 177 Å². The standard InChI is InChI=1S/C24H28N2O4/c1-26(2)24(27)18-11-7-10-17-15-8-6-9-16(15)21(25-22(17)18)14-12-19(28-3)23(30-5)20(13-14)29-4/h6-8,10-13,15-16,21,25H,9H2,1-5H3. The van der Waals surface area contributed by atoms with Gasteiger partial charge in [0.05, 0.1) is 38.6 Å². The van der Waals surface area contributed by atoms with Crippen LogP contribution in [0.15, 0.2) is 42.5 Å². The number of rotatable bonds is 5. The SMILES string of the molecule is COc1cc(C2Nc3c(C(=O)N(C)C)cccc3C3C=CCC32)cc(OC)c1OC. The number of allylic oxidation sites excluding steroid dienone is 2. The zero-order valence-corrected chi connectivity index (χ0v) is 18.1. The Hall–Kier alpha value is -3.15. The Morgan fingerprint density at radius 2 is 1.77 bits per heavy atom. The van der Waals surface area contributed by atoms with E-state index in [9.17, 15) is 4.79 Å². The second-order valence-corrected chi connectivity index (χ2v) is 7.90. The van der Waals surface area contributed by atoms with Gasteiger partial charge in [-0.25, -0.2) is 0 Å². The summed E-state index contributed by atoms with van der Waals surface area (Å²) >= 11 is 0. The van der Waals surface area contributed by atoms with E-state index in [0.29, 0.717) is 28.7 Å². The topological polar surface area (TPSA) is 60.0 Å². The maximum atomic E-state index is 12.8. The number of fused-ring (bicyclic) bond motifs is 3. The van der Waals surface area contributed by atoms with Crippen LogP contribution in [0, 0.1) is 5.92 Å². The molecular weight excluding hydrogens is 380 g/mol. The Kier molecular flexibility index (Phi) is 5.33. The molecule has 0 saturated heterocycles. The minimum Gasteiger partial charge on any atom is -0.493 e. The van der Waals surface area contributed by atoms with Gasteiger partial charge in [0.1, 0.15) is 0 Å². The summed E-state index contributed by atoms with van der Waals surface area (Å²) in [6.45, 7) is 0. The van der Waals surface area contributed by atoms with Crippen LogP contribution in [0.4, 0.5) is 5.69 Å². The Bertz CT molecular complexity index is 974. The van der Waals surface area contributed by atoms with Crippen LogP contribution < -0.4 is 19.5 Å². The van der Waals surface area contributed by atoms with Crippen molar-refractivity contribution < 1.29 is 19.0 Å². The van der Waals surface area contributed by atoms with Crippen molar-refractivity contribution in [2.45, 2.75) is 18.4 Å². The highest BCUT2D eigenvalue weighted by Crippen LogP contribution is 2.52. The van der Waals surface area contributed by atoms with Gasteiger partial charge in [0.15, 0.2) is 11.5 Å². The van der Waals surface area contributed by atoms with Crippen LogP contribution in [-0.2, 0) is 0 Å². The summed E-state index contributed by atoms with van der Waals surface area (Å²) in [5.41, 5.74) is 3.81. The number of ether oxygens (including phenoxy) is 3. The van der Waals surface area contributed by atoms with Gasteiger partial charge in [0.2, 0.25) is 5.75 Å². The average Bonchev–Trinajstić information content (AvgIpc) is 3.26. The van der Waals surface area contributed by atoms with Crippen molar-refractivity contribution in [1.29, 1.82) is 0 Å². The second-order valence-electron chi connectivity index (χ2n) is 7.90. The number of carbonyl (C=O) groups excluding carboxylic acids is 1. The second kappa shape index (κ2) is 7.94. The molecule has 0 spiro atoms. The minimum atomic E-state index is -0.0107. The number of carbonyl (C=O) groups is 1. The van der Waals surface area contributed by atoms with Crippen molar-refractivity contribution in [2.75, 3.05) is 40.7 Å². The van der Waals surface area contributed by atoms with Gasteiger partial charge in [0, 0.05) is 20.0 Å². The van der Waals surface area contributed by atoms with Gasteiger partial charge >= 0.3 is 0 Å². The molecule has 1 aliphatic heterocycles. The van der Waals surface area contributed by atoms with Gasteiger partial charge in [-0.2, -0.15) is 0 Å². The van der Waals surface area contributed by atoms with E-state index in [1.54, 1.807) is 40.3 Å². The highest BCUT2D eigenvalue weighted by molar-refractivity contribution is 6.00. The fourth-order valence-corrected chi connectivity index (χ4v) is 4.65. The highest BCUT2D eigenvalue weighted by atomic mass is 16.5. The normalized spacial score (nSPS) is 21.3. The van der Waals surface area contributed by atoms with E-state index < -0.39 is 0 Å². The van der Waals surface area contributed by atoms with Crippen molar-refractivity contribution in [2.24, 2.45) is 5.92 Å². The molecule has 0 aromatic heterocycles. The maximum Gasteiger partial charge on any atom is 0.255 e. The smallest absolute Gasteiger partial charge is 0.255 e. The van der Waals surface area contributed by atoms with Crippen LogP contribution in [0.1, 0.15) is 39.9 Å². The van der Waals surface area contributed by atoms with E-state index in [1.807, 2.05) is 24.3 Å². The van der Waals surface area contributed by atoms with Crippen molar-refractivity contribution in [3.8, 4) is 17.2 Å². The largest absolute Gasteiger partial charge is 0.493 e. The molecule has 0 fully saturated rings. The molecule has 6 heteroatoms. The van der Waals surface area contributed by atoms with E-state index in [4.69, 9.17) is 14.2 Å². The molecule has 2 aliphatic rings. The average molecular weight is 408 g/mol. The molecule has 1 heterocycles. The van der Waals surface area contributed by atoms with Gasteiger partial charge in [-0.05, 0) is 41.7 Å². The molecule has 2 aromatic rings. The Morgan fingerprint density at radius 3 is 2.37 bits per heavy atom. The maximum absolute atomic E-state index is 12.8. The number of nitrogens with one attached hydrogen (secondary N) is 1. The van der Waals surface area contributed by atoms with E-state index >= 15 is 0 Å². The lowest BCUT2D eigenvalue weighted by Gasteiger charge is -2.38. The number of amides is 1. The fraction of sp³-hybridized carbons (Fsp3) is 0.375. The molecule has 6 nitrogen and oxygen atoms in total. The number of anilines is 1. The third-order valence-corrected chi connectivity index (χ3v) is 6.08. The molecule has 158 valence electrons. The molecule has 0 saturated carbocycles. The van der Waals surface area contributed by atoms with Gasteiger partial charge in [-0.15, -0.1) is 0 Å². The minimum absolute atomic E-state index is 0.00215. The van der Waals surface area contributed by atoms with E-state index in [-0.39, 0.29) is 17.9 Å². The molecule has 3 atom stereocenters. The number of benzene rings is 2. The number of para-hydroxylation sites is 1. The lowest BCUT2D eigenvalue weighted by Crippen LogP contribution is -2.32. The lowest BCUT2D eigenvalue weighted by atomic mass is 9.76. The Morgan fingerprint density at radius 1 is 1.07 bits per heavy atom. The summed E-state index contributed by atoms with van der Waals surface area (Å²) in [6.07, 6.45) is 5.46. The Balaban J connectivity index is 1.84. The fourth-order valence-electron chi connectivity index (χ4n) is 4.65. The lowest BCUT2D eigenvalue weighted by molar-refractivity contribution is 0.0828. The van der Waals surface area contributed by atoms with Crippen LogP contribution in [0.2, 0.25) is 0 Å². The van der Waals surface area contributed by atoms with Gasteiger partial charge in [-0.1, -0.05) is 24.3 Å². The predicted octanol–water partition coefficient (Wildman–Crippen LogP) is 4.24. The number of nitrogens with zero attached hydrogens (tertiary/aromatic N) is 1. The van der Waals surface area contributed by atoms with Crippen molar-refractivity contribution in [1.82, 2.24) is 4.90 Å². The summed E-state index contributed by atoms with van der Waals surface area (Å²) in [6, 6.07) is 9.97. The van der Waals surface area contributed by atoms with Gasteiger partial charge < -0.3 is 24.4 Å². The molecule has 0 radical (unpaired) electrons. The van der Waals surface area contributed by atoms with Gasteiger partial charge in [-0.3, -0.25) is 4.79 Å². The molecule has 1 amide bonds. The predicted molar refractivity (Wildman–Crippen MR) is 117 cm³/mol. The first-order chi connectivity index (χ1) is 14.5. The van der Waals surface area contributed by atoms with Crippen molar-refractivity contribution >= 4 is 11.6 Å². The van der Waals surface area contributed by atoms with Crippen LogP contribution in [0.25, 0.3) is 0 Å². The third-order valence-electron chi connectivity index (χ3n) is 6.08. The number of hydrogen-bond acceptors (Lipinski definition) is 5. The zero-order chi connectivity index (χ0) is 21.4. The van der Waals surface area contributed by atoms with Crippen LogP contribution >= 0.6 is 0 Å². The molecule has 30 heavy (non-hydrogen) atoms. The first kappa shape index (κ1) is 20.1. The van der Waals surface area contributed by atoms with Crippen molar-refractivity contribution in [3.05, 3.63) is 59.2 Å². The molecule has 0 bridgehead atoms. The molecule has 1 aliphatic carbocycles. The summed E-state index contributed by atoms with van der Waals surface area (Å²) < 4.78 is 16.6. The molecule has 1 N–H and O–H groups in total. The van der Waals surface area contributed by atoms with E-state index in [2.05, 4.69) is 23.5 Å². The molecule has 4 rings (SSSR count). The number of methoxy groups -OCH3 is 3. The quantitative estimate of drug-likeness (QED) is 0.750. The van der Waals surface area contributed by atoms with E-state index in [0.717, 1.165) is 17.7 Å². The summed E-state index contributed by atoms with van der Waals surface area (Å²) in [5.74, 6) is 2.40. The monoisotopic (exact) mass is 408 g/mol.